The molecule has 2 aromatic rings. The molecule has 0 unspecified atom stereocenters. The van der Waals surface area contributed by atoms with Crippen molar-refractivity contribution >= 4 is 29.4 Å². The Morgan fingerprint density at radius 1 is 1.09 bits per heavy atom. The van der Waals surface area contributed by atoms with Crippen molar-refractivity contribution in [3.05, 3.63) is 59.4 Å². The summed E-state index contributed by atoms with van der Waals surface area (Å²) in [7, 11) is 0. The zero-order valence-corrected chi connectivity index (χ0v) is 12.2. The minimum Gasteiger partial charge on any atom is -0.333 e. The number of carbonyl (C=O) groups is 2. The van der Waals surface area contributed by atoms with E-state index >= 15 is 0 Å². The van der Waals surface area contributed by atoms with Crippen LogP contribution in [0.4, 0.5) is 15.3 Å². The van der Waals surface area contributed by atoms with Crippen LogP contribution in [0.5, 0.6) is 0 Å². The number of benzene rings is 1. The first-order valence-corrected chi connectivity index (χ1v) is 6.76. The number of pyridine rings is 1. The molecule has 0 fully saturated rings. The van der Waals surface area contributed by atoms with Gasteiger partial charge in [0.15, 0.2) is 0 Å². The van der Waals surface area contributed by atoms with E-state index in [0.29, 0.717) is 17.3 Å². The Labute approximate surface area is 132 Å². The second-order valence-electron chi connectivity index (χ2n) is 4.26. The molecule has 0 aliphatic rings. The molecule has 0 radical (unpaired) electrons. The van der Waals surface area contributed by atoms with Crippen LogP contribution in [0.2, 0.25) is 5.02 Å². The predicted molar refractivity (Wildman–Crippen MR) is 83.2 cm³/mol. The summed E-state index contributed by atoms with van der Waals surface area (Å²) >= 11 is 5.80. The summed E-state index contributed by atoms with van der Waals surface area (Å²) in [4.78, 5) is 27.0. The quantitative estimate of drug-likeness (QED) is 0.654. The van der Waals surface area contributed by atoms with Crippen molar-refractivity contribution in [2.45, 2.75) is 6.54 Å². The minimum atomic E-state index is -0.584. The van der Waals surface area contributed by atoms with Gasteiger partial charge in [-0.1, -0.05) is 23.7 Å². The Kier molecular flexibility index (Phi) is 5.56. The van der Waals surface area contributed by atoms with Crippen molar-refractivity contribution in [2.24, 2.45) is 0 Å². The van der Waals surface area contributed by atoms with Gasteiger partial charge in [0, 0.05) is 29.6 Å². The van der Waals surface area contributed by atoms with E-state index in [-0.39, 0.29) is 0 Å². The molecular formula is C14H14ClN5O2. The standard InChI is InChI=1S/C14H14ClN5O2/c15-11-4-1-5-12(7-11)18-14(22)20-19-13(21)17-9-10-3-2-6-16-8-10/h1-8H,9H2,(H2,17,19,21)(H2,18,20,22). The van der Waals surface area contributed by atoms with Gasteiger partial charge in [0.1, 0.15) is 0 Å². The Hall–Kier alpha value is -2.80. The molecular weight excluding hydrogens is 306 g/mol. The molecule has 4 N–H and O–H groups in total. The van der Waals surface area contributed by atoms with Gasteiger partial charge in [-0.2, -0.15) is 0 Å². The van der Waals surface area contributed by atoms with Gasteiger partial charge < -0.3 is 10.6 Å². The molecule has 0 saturated heterocycles. The number of nitrogens with zero attached hydrogens (tertiary/aromatic N) is 1. The topological polar surface area (TPSA) is 95.2 Å². The molecule has 8 heteroatoms. The maximum atomic E-state index is 11.6. The van der Waals surface area contributed by atoms with E-state index in [1.54, 1.807) is 42.7 Å². The van der Waals surface area contributed by atoms with Crippen LogP contribution in [0, 0.1) is 0 Å². The number of hydrogen-bond donors (Lipinski definition) is 4. The molecule has 1 aromatic carbocycles. The number of rotatable bonds is 3. The smallest absolute Gasteiger partial charge is 0.333 e. The highest BCUT2D eigenvalue weighted by molar-refractivity contribution is 6.30. The first-order valence-electron chi connectivity index (χ1n) is 6.39. The second-order valence-corrected chi connectivity index (χ2v) is 4.69. The number of aromatic nitrogens is 1. The van der Waals surface area contributed by atoms with Crippen molar-refractivity contribution in [1.29, 1.82) is 0 Å². The normalized spacial score (nSPS) is 9.68. The predicted octanol–water partition coefficient (Wildman–Crippen LogP) is 2.27. The molecule has 0 bridgehead atoms. The van der Waals surface area contributed by atoms with E-state index < -0.39 is 12.1 Å². The van der Waals surface area contributed by atoms with Gasteiger partial charge in [-0.3, -0.25) is 4.98 Å². The highest BCUT2D eigenvalue weighted by Gasteiger charge is 2.04. The van der Waals surface area contributed by atoms with E-state index in [1.807, 2.05) is 6.07 Å². The van der Waals surface area contributed by atoms with Crippen molar-refractivity contribution in [3.63, 3.8) is 0 Å². The second kappa shape index (κ2) is 7.84. The largest absolute Gasteiger partial charge is 0.337 e. The van der Waals surface area contributed by atoms with Crippen LogP contribution in [0.25, 0.3) is 0 Å². The molecule has 2 rings (SSSR count). The number of carbonyl (C=O) groups excluding carboxylic acids is 2. The van der Waals surface area contributed by atoms with Crippen molar-refractivity contribution in [3.8, 4) is 0 Å². The first-order chi connectivity index (χ1) is 10.6. The first kappa shape index (κ1) is 15.6. The molecule has 0 atom stereocenters. The molecule has 1 heterocycles. The van der Waals surface area contributed by atoms with Crippen LogP contribution in [-0.2, 0) is 6.54 Å². The molecule has 0 aliphatic carbocycles. The Morgan fingerprint density at radius 3 is 2.64 bits per heavy atom. The average molecular weight is 320 g/mol. The highest BCUT2D eigenvalue weighted by Crippen LogP contribution is 2.14. The summed E-state index contributed by atoms with van der Waals surface area (Å²) in [6.45, 7) is 0.303. The van der Waals surface area contributed by atoms with Crippen LogP contribution in [0.15, 0.2) is 48.8 Å². The molecule has 0 saturated carbocycles. The fourth-order valence-corrected chi connectivity index (χ4v) is 1.76. The number of hydrogen-bond acceptors (Lipinski definition) is 3. The number of urea groups is 2. The van der Waals surface area contributed by atoms with Gasteiger partial charge in [-0.05, 0) is 29.8 Å². The summed E-state index contributed by atoms with van der Waals surface area (Å²) in [6.07, 6.45) is 3.28. The van der Waals surface area contributed by atoms with Crippen molar-refractivity contribution in [2.75, 3.05) is 5.32 Å². The van der Waals surface area contributed by atoms with Gasteiger partial charge >= 0.3 is 12.1 Å². The summed E-state index contributed by atoms with van der Waals surface area (Å²) in [6, 6.07) is 9.13. The molecule has 0 spiro atoms. The lowest BCUT2D eigenvalue weighted by atomic mass is 10.3. The minimum absolute atomic E-state index is 0.303. The highest BCUT2D eigenvalue weighted by atomic mass is 35.5. The summed E-state index contributed by atoms with van der Waals surface area (Å²) in [5.41, 5.74) is 5.80. The third-order valence-corrected chi connectivity index (χ3v) is 2.78. The molecule has 7 nitrogen and oxygen atoms in total. The van der Waals surface area contributed by atoms with Crippen LogP contribution in [0.3, 0.4) is 0 Å². The van der Waals surface area contributed by atoms with E-state index in [9.17, 15) is 9.59 Å². The zero-order chi connectivity index (χ0) is 15.8. The van der Waals surface area contributed by atoms with Gasteiger partial charge in [-0.25, -0.2) is 20.4 Å². The van der Waals surface area contributed by atoms with Crippen LogP contribution < -0.4 is 21.5 Å². The zero-order valence-electron chi connectivity index (χ0n) is 11.5. The maximum absolute atomic E-state index is 11.6. The van der Waals surface area contributed by atoms with Gasteiger partial charge in [0.2, 0.25) is 0 Å². The molecule has 22 heavy (non-hydrogen) atoms. The van der Waals surface area contributed by atoms with Crippen LogP contribution in [-0.4, -0.2) is 17.0 Å². The monoisotopic (exact) mass is 319 g/mol. The number of anilines is 1. The molecule has 0 aliphatic heterocycles. The Balaban J connectivity index is 1.70. The lowest BCUT2D eigenvalue weighted by Gasteiger charge is -2.10. The van der Waals surface area contributed by atoms with E-state index in [0.717, 1.165) is 5.56 Å². The number of nitrogens with one attached hydrogen (secondary N) is 4. The maximum Gasteiger partial charge on any atom is 0.337 e. The van der Waals surface area contributed by atoms with Crippen molar-refractivity contribution in [1.82, 2.24) is 21.2 Å². The van der Waals surface area contributed by atoms with E-state index in [1.165, 1.54) is 0 Å². The Bertz CT molecular complexity index is 651. The Morgan fingerprint density at radius 2 is 1.91 bits per heavy atom. The molecule has 4 amide bonds. The lowest BCUT2D eigenvalue weighted by Crippen LogP contribution is -2.48. The third-order valence-electron chi connectivity index (χ3n) is 2.55. The lowest BCUT2D eigenvalue weighted by molar-refractivity contribution is 0.229. The summed E-state index contributed by atoms with van der Waals surface area (Å²) < 4.78 is 0. The third kappa shape index (κ3) is 5.29. The number of halogens is 1. The van der Waals surface area contributed by atoms with E-state index in [2.05, 4.69) is 26.5 Å². The number of amides is 4. The molecule has 114 valence electrons. The van der Waals surface area contributed by atoms with Crippen LogP contribution >= 0.6 is 11.6 Å². The molecule has 1 aromatic heterocycles. The van der Waals surface area contributed by atoms with Crippen LogP contribution in [0.1, 0.15) is 5.56 Å². The summed E-state index contributed by atoms with van der Waals surface area (Å²) in [5, 5.41) is 5.60. The SMILES string of the molecule is O=C(NCc1cccnc1)NNC(=O)Nc1cccc(Cl)c1. The summed E-state index contributed by atoms with van der Waals surface area (Å²) in [5.74, 6) is 0. The van der Waals surface area contributed by atoms with E-state index in [4.69, 9.17) is 11.6 Å². The van der Waals surface area contributed by atoms with Crippen molar-refractivity contribution < 1.29 is 9.59 Å². The van der Waals surface area contributed by atoms with Gasteiger partial charge in [0.25, 0.3) is 0 Å². The fourth-order valence-electron chi connectivity index (χ4n) is 1.57. The van der Waals surface area contributed by atoms with Gasteiger partial charge in [-0.15, -0.1) is 0 Å². The fraction of sp³-hybridized carbons (Fsp3) is 0.0714. The number of hydrazine groups is 1. The van der Waals surface area contributed by atoms with Gasteiger partial charge in [0.05, 0.1) is 0 Å². The average Bonchev–Trinajstić information content (AvgIpc) is 2.52.